The molecule has 15 heavy (non-hydrogen) atoms. The van der Waals surface area contributed by atoms with Gasteiger partial charge in [-0.25, -0.2) is 4.79 Å². The van der Waals surface area contributed by atoms with E-state index in [1.807, 2.05) is 0 Å². The number of rotatable bonds is 3. The third-order valence-electron chi connectivity index (χ3n) is 2.56. The molecule has 1 atom stereocenters. The van der Waals surface area contributed by atoms with Crippen molar-refractivity contribution in [3.05, 3.63) is 0 Å². The lowest BCUT2D eigenvalue weighted by atomic mass is 10.1. The molecule has 0 aromatic carbocycles. The van der Waals surface area contributed by atoms with E-state index in [0.29, 0.717) is 25.4 Å². The van der Waals surface area contributed by atoms with Gasteiger partial charge in [-0.15, -0.1) is 0 Å². The topological polar surface area (TPSA) is 66.8 Å². The summed E-state index contributed by atoms with van der Waals surface area (Å²) in [7, 11) is 0. The normalized spacial score (nSPS) is 20.4. The summed E-state index contributed by atoms with van der Waals surface area (Å²) in [6, 6.07) is 0. The molecule has 1 aliphatic rings. The van der Waals surface area contributed by atoms with Crippen molar-refractivity contribution < 1.29 is 19.4 Å². The van der Waals surface area contributed by atoms with Crippen LogP contribution in [0.3, 0.4) is 0 Å². The van der Waals surface area contributed by atoms with Crippen molar-refractivity contribution in [1.29, 1.82) is 0 Å². The summed E-state index contributed by atoms with van der Waals surface area (Å²) in [4.78, 5) is 24.1. The molecule has 1 fully saturated rings. The van der Waals surface area contributed by atoms with E-state index in [-0.39, 0.29) is 13.2 Å². The second-order valence-corrected chi connectivity index (χ2v) is 3.64. The molecule has 1 rings (SSSR count). The van der Waals surface area contributed by atoms with Crippen molar-refractivity contribution in [2.45, 2.75) is 19.8 Å². The zero-order valence-electron chi connectivity index (χ0n) is 8.94. The first kappa shape index (κ1) is 12.0. The Bertz CT molecular complexity index is 242. The minimum atomic E-state index is -0.776. The molecule has 1 N–H and O–H groups in total. The molecule has 1 amide bonds. The molecule has 0 aliphatic carbocycles. The van der Waals surface area contributed by atoms with E-state index >= 15 is 0 Å². The van der Waals surface area contributed by atoms with Gasteiger partial charge in [-0.05, 0) is 25.7 Å². The molecule has 5 nitrogen and oxygen atoms in total. The number of amides is 1. The first-order valence-electron chi connectivity index (χ1n) is 5.26. The third kappa shape index (κ3) is 3.20. The third-order valence-corrected chi connectivity index (χ3v) is 2.56. The quantitative estimate of drug-likeness (QED) is 0.522. The molecule has 0 aromatic rings. The fourth-order valence-electron chi connectivity index (χ4n) is 1.76. The molecule has 0 bridgehead atoms. The highest BCUT2D eigenvalue weighted by atomic mass is 16.5. The summed E-state index contributed by atoms with van der Waals surface area (Å²) in [5.74, 6) is -1.02. The Morgan fingerprint density at radius 3 is 2.87 bits per heavy atom. The lowest BCUT2D eigenvalue weighted by Gasteiger charge is -2.14. The predicted molar refractivity (Wildman–Crippen MR) is 53.0 cm³/mol. The molecule has 0 aromatic heterocycles. The van der Waals surface area contributed by atoms with Gasteiger partial charge in [-0.3, -0.25) is 4.79 Å². The lowest BCUT2D eigenvalue weighted by molar-refractivity contribution is -0.159. The lowest BCUT2D eigenvalue weighted by Crippen LogP contribution is -2.36. The number of esters is 1. The van der Waals surface area contributed by atoms with Gasteiger partial charge in [0.25, 0.3) is 0 Å². The number of carbonyl (C=O) groups excluding carboxylic acids is 2. The summed E-state index contributed by atoms with van der Waals surface area (Å²) in [6.07, 6.45) is 1.54. The van der Waals surface area contributed by atoms with Crippen LogP contribution in [0.15, 0.2) is 0 Å². The Hall–Kier alpha value is -1.10. The fourth-order valence-corrected chi connectivity index (χ4v) is 1.76. The van der Waals surface area contributed by atoms with E-state index in [4.69, 9.17) is 5.11 Å². The summed E-state index contributed by atoms with van der Waals surface area (Å²) in [5.41, 5.74) is 0. The molecule has 1 heterocycles. The molecule has 5 heteroatoms. The number of carbonyl (C=O) groups is 2. The second-order valence-electron chi connectivity index (χ2n) is 3.64. The van der Waals surface area contributed by atoms with Gasteiger partial charge in [-0.1, -0.05) is 0 Å². The fraction of sp³-hybridized carbons (Fsp3) is 0.800. The van der Waals surface area contributed by atoms with Crippen LogP contribution in [-0.4, -0.2) is 48.2 Å². The van der Waals surface area contributed by atoms with Gasteiger partial charge < -0.3 is 14.7 Å². The summed E-state index contributed by atoms with van der Waals surface area (Å²) >= 11 is 0. The van der Waals surface area contributed by atoms with Gasteiger partial charge in [0.15, 0.2) is 0 Å². The molecule has 1 aliphatic heterocycles. The van der Waals surface area contributed by atoms with Crippen LogP contribution in [0.5, 0.6) is 0 Å². The van der Waals surface area contributed by atoms with Crippen LogP contribution in [-0.2, 0) is 14.3 Å². The molecular formula is C10H17NO4. The summed E-state index contributed by atoms with van der Waals surface area (Å²) in [6.45, 7) is 3.16. The number of nitrogens with zero attached hydrogens (tertiary/aromatic N) is 1. The largest absolute Gasteiger partial charge is 0.459 e. The smallest absolute Gasteiger partial charge is 0.397 e. The van der Waals surface area contributed by atoms with Crippen LogP contribution in [0.2, 0.25) is 0 Å². The highest BCUT2D eigenvalue weighted by Crippen LogP contribution is 2.19. The predicted octanol–water partition coefficient (Wildman–Crippen LogP) is -0.220. The second kappa shape index (κ2) is 5.70. The Labute approximate surface area is 89.0 Å². The molecule has 86 valence electrons. The maximum Gasteiger partial charge on any atom is 0.397 e. The number of likely N-dealkylation sites (tertiary alicyclic amines) is 1. The van der Waals surface area contributed by atoms with Crippen molar-refractivity contribution >= 4 is 11.9 Å². The van der Waals surface area contributed by atoms with E-state index < -0.39 is 11.9 Å². The first-order valence-corrected chi connectivity index (χ1v) is 5.26. The number of aliphatic hydroxyl groups is 1. The van der Waals surface area contributed by atoms with E-state index in [0.717, 1.165) is 6.42 Å². The minimum absolute atomic E-state index is 0.131. The van der Waals surface area contributed by atoms with Gasteiger partial charge in [0, 0.05) is 19.7 Å². The maximum absolute atomic E-state index is 11.5. The van der Waals surface area contributed by atoms with Crippen LogP contribution < -0.4 is 0 Å². The van der Waals surface area contributed by atoms with E-state index in [9.17, 15) is 9.59 Å². The Kier molecular flexibility index (Phi) is 4.55. The van der Waals surface area contributed by atoms with Gasteiger partial charge in [0.05, 0.1) is 6.61 Å². The molecule has 1 saturated heterocycles. The SMILES string of the molecule is CCOC(=O)C(=O)N1CCC(CCO)C1. The number of hydrogen-bond donors (Lipinski definition) is 1. The molecular weight excluding hydrogens is 198 g/mol. The maximum atomic E-state index is 11.5. The van der Waals surface area contributed by atoms with Crippen LogP contribution in [0, 0.1) is 5.92 Å². The van der Waals surface area contributed by atoms with Gasteiger partial charge in [0.2, 0.25) is 0 Å². The Morgan fingerprint density at radius 2 is 2.27 bits per heavy atom. The average molecular weight is 215 g/mol. The Morgan fingerprint density at radius 1 is 1.53 bits per heavy atom. The van der Waals surface area contributed by atoms with Crippen LogP contribution in [0.4, 0.5) is 0 Å². The molecule has 0 radical (unpaired) electrons. The summed E-state index contributed by atoms with van der Waals surface area (Å²) in [5, 5.41) is 8.75. The van der Waals surface area contributed by atoms with Crippen LogP contribution >= 0.6 is 0 Å². The zero-order valence-corrected chi connectivity index (χ0v) is 8.94. The highest BCUT2D eigenvalue weighted by Gasteiger charge is 2.30. The zero-order chi connectivity index (χ0) is 11.3. The highest BCUT2D eigenvalue weighted by molar-refractivity contribution is 6.32. The number of aliphatic hydroxyl groups excluding tert-OH is 1. The average Bonchev–Trinajstić information content (AvgIpc) is 2.66. The minimum Gasteiger partial charge on any atom is -0.459 e. The van der Waals surface area contributed by atoms with Crippen molar-refractivity contribution in [3.63, 3.8) is 0 Å². The van der Waals surface area contributed by atoms with Crippen LogP contribution in [0.25, 0.3) is 0 Å². The van der Waals surface area contributed by atoms with Crippen LogP contribution in [0.1, 0.15) is 19.8 Å². The van der Waals surface area contributed by atoms with E-state index in [1.165, 1.54) is 4.90 Å². The van der Waals surface area contributed by atoms with Gasteiger partial charge in [0.1, 0.15) is 0 Å². The van der Waals surface area contributed by atoms with Crippen molar-refractivity contribution in [1.82, 2.24) is 4.90 Å². The standard InChI is InChI=1S/C10H17NO4/c1-2-15-10(14)9(13)11-5-3-8(7-11)4-6-12/h8,12H,2-7H2,1H3. The number of hydrogen-bond acceptors (Lipinski definition) is 4. The van der Waals surface area contributed by atoms with E-state index in [2.05, 4.69) is 4.74 Å². The molecule has 0 saturated carbocycles. The van der Waals surface area contributed by atoms with Gasteiger partial charge in [-0.2, -0.15) is 0 Å². The summed E-state index contributed by atoms with van der Waals surface area (Å²) < 4.78 is 4.63. The first-order chi connectivity index (χ1) is 7.19. The Balaban J connectivity index is 2.39. The van der Waals surface area contributed by atoms with Gasteiger partial charge >= 0.3 is 11.9 Å². The molecule has 0 spiro atoms. The van der Waals surface area contributed by atoms with E-state index in [1.54, 1.807) is 6.92 Å². The number of ether oxygens (including phenoxy) is 1. The van der Waals surface area contributed by atoms with Crippen molar-refractivity contribution in [2.24, 2.45) is 5.92 Å². The van der Waals surface area contributed by atoms with Crippen molar-refractivity contribution in [3.8, 4) is 0 Å². The molecule has 1 unspecified atom stereocenters. The van der Waals surface area contributed by atoms with Crippen molar-refractivity contribution in [2.75, 3.05) is 26.3 Å². The monoisotopic (exact) mass is 215 g/mol.